The van der Waals surface area contributed by atoms with Gasteiger partial charge in [-0.2, -0.15) is 5.10 Å². The number of ether oxygens (including phenoxy) is 1. The Bertz CT molecular complexity index is 986. The molecule has 1 aromatic heterocycles. The Labute approximate surface area is 157 Å². The predicted octanol–water partition coefficient (Wildman–Crippen LogP) is 3.59. The maximum absolute atomic E-state index is 12.5. The molecule has 1 aliphatic heterocycles. The Morgan fingerprint density at radius 1 is 0.963 bits per heavy atom. The molecule has 0 radical (unpaired) electrons. The maximum Gasteiger partial charge on any atom is 0.266 e. The number of aryl methyl sites for hydroxylation is 1. The van der Waals surface area contributed by atoms with Crippen LogP contribution in [0.5, 0.6) is 5.75 Å². The Hall–Kier alpha value is -3.41. The molecule has 0 fully saturated rings. The number of hydrogen-bond acceptors (Lipinski definition) is 4. The van der Waals surface area contributed by atoms with E-state index in [1.165, 1.54) is 4.90 Å². The smallest absolute Gasteiger partial charge is 0.266 e. The van der Waals surface area contributed by atoms with Crippen molar-refractivity contribution in [2.75, 3.05) is 4.90 Å². The zero-order valence-corrected chi connectivity index (χ0v) is 15.2. The predicted molar refractivity (Wildman–Crippen MR) is 101 cm³/mol. The Morgan fingerprint density at radius 2 is 1.59 bits per heavy atom. The molecule has 6 heteroatoms. The number of anilines is 1. The Kier molecular flexibility index (Phi) is 4.24. The summed E-state index contributed by atoms with van der Waals surface area (Å²) in [5.74, 6) is 0.0674. The molecule has 0 spiro atoms. The van der Waals surface area contributed by atoms with E-state index in [0.717, 1.165) is 17.8 Å². The van der Waals surface area contributed by atoms with Gasteiger partial charge >= 0.3 is 0 Å². The third-order valence-corrected chi connectivity index (χ3v) is 4.79. The maximum atomic E-state index is 12.5. The van der Waals surface area contributed by atoms with Gasteiger partial charge in [-0.25, -0.2) is 4.90 Å². The number of hydrogen-bond donors (Lipinski definition) is 0. The minimum Gasteiger partial charge on any atom is -0.489 e. The fourth-order valence-electron chi connectivity index (χ4n) is 3.22. The monoisotopic (exact) mass is 361 g/mol. The highest BCUT2D eigenvalue weighted by Crippen LogP contribution is 2.29. The molecular weight excluding hydrogens is 342 g/mol. The summed E-state index contributed by atoms with van der Waals surface area (Å²) < 4.78 is 7.74. The number of amides is 2. The molecule has 0 N–H and O–H groups in total. The molecule has 6 nitrogen and oxygen atoms in total. The average Bonchev–Trinajstić information content (AvgIpc) is 3.18. The highest BCUT2D eigenvalue weighted by Gasteiger charge is 2.36. The van der Waals surface area contributed by atoms with Crippen LogP contribution >= 0.6 is 0 Å². The highest BCUT2D eigenvalue weighted by atomic mass is 16.5. The highest BCUT2D eigenvalue weighted by molar-refractivity contribution is 6.34. The lowest BCUT2D eigenvalue weighted by Crippen LogP contribution is -2.29. The molecule has 0 bridgehead atoms. The summed E-state index contributed by atoms with van der Waals surface area (Å²) in [4.78, 5) is 26.3. The van der Waals surface area contributed by atoms with Crippen molar-refractivity contribution in [2.45, 2.75) is 27.0 Å². The molecule has 2 heterocycles. The Morgan fingerprint density at radius 3 is 2.15 bits per heavy atom. The summed E-state index contributed by atoms with van der Waals surface area (Å²) in [6.07, 6.45) is 1.81. The lowest BCUT2D eigenvalue weighted by Gasteiger charge is -2.14. The summed E-state index contributed by atoms with van der Waals surface area (Å²) in [5, 5.41) is 4.30. The van der Waals surface area contributed by atoms with Crippen LogP contribution in [0.3, 0.4) is 0 Å². The molecule has 0 saturated carbocycles. The van der Waals surface area contributed by atoms with Crippen LogP contribution in [0.1, 0.15) is 38.9 Å². The van der Waals surface area contributed by atoms with Gasteiger partial charge < -0.3 is 4.74 Å². The molecule has 4 rings (SSSR count). The minimum absolute atomic E-state index is 0.299. The number of fused-ring (bicyclic) bond motifs is 1. The normalized spacial score (nSPS) is 13.2. The first-order chi connectivity index (χ1) is 13.1. The second-order valence-corrected chi connectivity index (χ2v) is 6.34. The van der Waals surface area contributed by atoms with Crippen LogP contribution in [0, 0.1) is 6.92 Å². The van der Waals surface area contributed by atoms with E-state index in [4.69, 9.17) is 4.74 Å². The third kappa shape index (κ3) is 2.89. The fourth-order valence-corrected chi connectivity index (χ4v) is 3.22. The van der Waals surface area contributed by atoms with Gasteiger partial charge in [0.05, 0.1) is 23.0 Å². The molecule has 136 valence electrons. The second-order valence-electron chi connectivity index (χ2n) is 6.34. The van der Waals surface area contributed by atoms with Gasteiger partial charge in [0.15, 0.2) is 0 Å². The van der Waals surface area contributed by atoms with E-state index in [1.807, 2.05) is 24.7 Å². The van der Waals surface area contributed by atoms with E-state index in [-0.39, 0.29) is 11.8 Å². The average molecular weight is 361 g/mol. The topological polar surface area (TPSA) is 64.4 Å². The van der Waals surface area contributed by atoms with Crippen molar-refractivity contribution in [2.24, 2.45) is 0 Å². The van der Waals surface area contributed by atoms with Crippen molar-refractivity contribution in [3.63, 3.8) is 0 Å². The minimum atomic E-state index is -0.299. The van der Waals surface area contributed by atoms with Gasteiger partial charge in [0.25, 0.3) is 11.8 Å². The first-order valence-electron chi connectivity index (χ1n) is 8.82. The largest absolute Gasteiger partial charge is 0.489 e. The van der Waals surface area contributed by atoms with Crippen LogP contribution in [0.15, 0.2) is 54.7 Å². The molecule has 0 saturated heterocycles. The van der Waals surface area contributed by atoms with Crippen molar-refractivity contribution < 1.29 is 14.3 Å². The van der Waals surface area contributed by atoms with Crippen molar-refractivity contribution in [3.05, 3.63) is 77.1 Å². The summed E-state index contributed by atoms with van der Waals surface area (Å²) in [5.41, 5.74) is 3.52. The number of benzene rings is 2. The fraction of sp³-hybridized carbons (Fsp3) is 0.190. The number of carbonyl (C=O) groups excluding carboxylic acids is 2. The molecule has 0 atom stereocenters. The quantitative estimate of drug-likeness (QED) is 0.652. The van der Waals surface area contributed by atoms with Gasteiger partial charge in [0.1, 0.15) is 12.4 Å². The van der Waals surface area contributed by atoms with Crippen LogP contribution in [0.2, 0.25) is 0 Å². The number of imide groups is 1. The van der Waals surface area contributed by atoms with E-state index in [1.54, 1.807) is 48.5 Å². The zero-order valence-electron chi connectivity index (χ0n) is 15.2. The SMILES string of the molecule is CCn1ncc(COc2ccc(N3C(=O)c4ccccc4C3=O)cc2)c1C. The number of rotatable bonds is 5. The summed E-state index contributed by atoms with van der Waals surface area (Å²) in [6.45, 7) is 5.29. The van der Waals surface area contributed by atoms with Gasteiger partial charge in [0, 0.05) is 17.8 Å². The third-order valence-electron chi connectivity index (χ3n) is 4.79. The van der Waals surface area contributed by atoms with Gasteiger partial charge in [0.2, 0.25) is 0 Å². The molecule has 1 aliphatic rings. The van der Waals surface area contributed by atoms with Crippen molar-refractivity contribution in [1.29, 1.82) is 0 Å². The van der Waals surface area contributed by atoms with E-state index < -0.39 is 0 Å². The molecule has 27 heavy (non-hydrogen) atoms. The number of nitrogens with zero attached hydrogens (tertiary/aromatic N) is 3. The zero-order chi connectivity index (χ0) is 19.0. The molecule has 0 aliphatic carbocycles. The van der Waals surface area contributed by atoms with Gasteiger partial charge in [-0.1, -0.05) is 12.1 Å². The van der Waals surface area contributed by atoms with E-state index in [0.29, 0.717) is 29.2 Å². The van der Waals surface area contributed by atoms with Crippen molar-refractivity contribution in [3.8, 4) is 5.75 Å². The van der Waals surface area contributed by atoms with Gasteiger partial charge in [-0.15, -0.1) is 0 Å². The summed E-state index contributed by atoms with van der Waals surface area (Å²) >= 11 is 0. The second kappa shape index (κ2) is 6.72. The van der Waals surface area contributed by atoms with Crippen LogP contribution in [-0.4, -0.2) is 21.6 Å². The van der Waals surface area contributed by atoms with Gasteiger partial charge in [-0.3, -0.25) is 14.3 Å². The lowest BCUT2D eigenvalue weighted by molar-refractivity contribution is 0.0926. The van der Waals surface area contributed by atoms with E-state index in [2.05, 4.69) is 5.10 Å². The summed E-state index contributed by atoms with van der Waals surface area (Å²) in [6, 6.07) is 13.8. The number of carbonyl (C=O) groups is 2. The lowest BCUT2D eigenvalue weighted by atomic mass is 10.1. The molecule has 2 amide bonds. The van der Waals surface area contributed by atoms with Gasteiger partial charge in [-0.05, 0) is 50.2 Å². The van der Waals surface area contributed by atoms with Crippen LogP contribution in [0.25, 0.3) is 0 Å². The van der Waals surface area contributed by atoms with E-state index in [9.17, 15) is 9.59 Å². The molecular formula is C21H19N3O3. The van der Waals surface area contributed by atoms with Crippen LogP contribution < -0.4 is 9.64 Å². The molecule has 3 aromatic rings. The standard InChI is InChI=1S/C21H19N3O3/c1-3-23-14(2)15(12-22-23)13-27-17-10-8-16(9-11-17)24-20(25)18-6-4-5-7-19(18)21(24)26/h4-12H,3,13H2,1-2H3. The van der Waals surface area contributed by atoms with Crippen LogP contribution in [-0.2, 0) is 13.2 Å². The summed E-state index contributed by atoms with van der Waals surface area (Å²) in [7, 11) is 0. The molecule has 2 aromatic carbocycles. The van der Waals surface area contributed by atoms with E-state index >= 15 is 0 Å². The molecule has 0 unspecified atom stereocenters. The Balaban J connectivity index is 1.49. The van der Waals surface area contributed by atoms with Crippen LogP contribution in [0.4, 0.5) is 5.69 Å². The van der Waals surface area contributed by atoms with Crippen molar-refractivity contribution in [1.82, 2.24) is 9.78 Å². The van der Waals surface area contributed by atoms with Crippen molar-refractivity contribution >= 4 is 17.5 Å². The first kappa shape index (κ1) is 17.0. The first-order valence-corrected chi connectivity index (χ1v) is 8.82. The number of aromatic nitrogens is 2.